The number of hydrogen-bond acceptors (Lipinski definition) is 7. The summed E-state index contributed by atoms with van der Waals surface area (Å²) in [5.41, 5.74) is 0.769. The Morgan fingerprint density at radius 2 is 2.19 bits per heavy atom. The van der Waals surface area contributed by atoms with Gasteiger partial charge in [0.05, 0.1) is 30.2 Å². The van der Waals surface area contributed by atoms with E-state index in [1.54, 1.807) is 18.2 Å². The van der Waals surface area contributed by atoms with E-state index in [0.717, 1.165) is 19.0 Å². The quantitative estimate of drug-likeness (QED) is 0.735. The van der Waals surface area contributed by atoms with E-state index < -0.39 is 0 Å². The topological polar surface area (TPSA) is 96.1 Å². The summed E-state index contributed by atoms with van der Waals surface area (Å²) in [4.78, 5) is 14.4. The van der Waals surface area contributed by atoms with E-state index in [0.29, 0.717) is 41.2 Å². The lowest BCUT2D eigenvalue weighted by atomic mass is 10.2. The number of carbonyl (C=O) groups is 1. The van der Waals surface area contributed by atoms with Gasteiger partial charge in [-0.2, -0.15) is 5.26 Å². The van der Waals surface area contributed by atoms with Crippen LogP contribution < -0.4 is 10.2 Å². The van der Waals surface area contributed by atoms with Crippen molar-refractivity contribution in [2.45, 2.75) is 18.6 Å². The maximum atomic E-state index is 12.3. The van der Waals surface area contributed by atoms with Gasteiger partial charge in [0, 0.05) is 24.7 Å². The fourth-order valence-electron chi connectivity index (χ4n) is 2.70. The van der Waals surface area contributed by atoms with Crippen molar-refractivity contribution in [2.75, 3.05) is 42.3 Å². The molecule has 1 aliphatic heterocycles. The summed E-state index contributed by atoms with van der Waals surface area (Å²) in [5, 5.41) is 21.5. The van der Waals surface area contributed by atoms with E-state index in [4.69, 9.17) is 21.6 Å². The third kappa shape index (κ3) is 4.71. The number of thioether (sulfide) groups is 1. The normalized spacial score (nSPS) is 14.0. The Hall–Kier alpha value is -2.28. The van der Waals surface area contributed by atoms with Crippen LogP contribution in [0.25, 0.3) is 0 Å². The van der Waals surface area contributed by atoms with Crippen LogP contribution in [0.4, 0.5) is 11.6 Å². The van der Waals surface area contributed by atoms with E-state index in [1.807, 2.05) is 17.6 Å². The van der Waals surface area contributed by atoms with Crippen LogP contribution in [0.1, 0.15) is 12.5 Å². The first-order valence-electron chi connectivity index (χ1n) is 8.50. The Morgan fingerprint density at radius 1 is 1.41 bits per heavy atom. The number of nitrogens with zero attached hydrogens (tertiary/aromatic N) is 5. The van der Waals surface area contributed by atoms with Gasteiger partial charge in [-0.25, -0.2) is 0 Å². The van der Waals surface area contributed by atoms with Gasteiger partial charge in [-0.15, -0.1) is 10.2 Å². The molecule has 1 aliphatic rings. The van der Waals surface area contributed by atoms with Crippen molar-refractivity contribution < 1.29 is 9.53 Å². The zero-order valence-corrected chi connectivity index (χ0v) is 16.4. The van der Waals surface area contributed by atoms with Crippen molar-refractivity contribution in [3.8, 4) is 6.07 Å². The summed E-state index contributed by atoms with van der Waals surface area (Å²) in [6, 6.07) is 6.79. The van der Waals surface area contributed by atoms with Crippen molar-refractivity contribution in [3.05, 3.63) is 28.8 Å². The van der Waals surface area contributed by atoms with Crippen LogP contribution in [-0.4, -0.2) is 52.7 Å². The molecule has 0 saturated carbocycles. The van der Waals surface area contributed by atoms with Gasteiger partial charge in [0.1, 0.15) is 6.07 Å². The molecule has 1 amide bonds. The Bertz CT molecular complexity index is 860. The fourth-order valence-corrected chi connectivity index (χ4v) is 3.67. The number of anilines is 2. The summed E-state index contributed by atoms with van der Waals surface area (Å²) < 4.78 is 7.36. The minimum Gasteiger partial charge on any atom is -0.378 e. The molecule has 1 N–H and O–H groups in total. The molecular formula is C17H19ClN6O2S. The second-order valence-corrected chi connectivity index (χ2v) is 7.14. The lowest BCUT2D eigenvalue weighted by Gasteiger charge is -2.27. The highest BCUT2D eigenvalue weighted by atomic mass is 35.5. The van der Waals surface area contributed by atoms with Crippen molar-refractivity contribution in [1.82, 2.24) is 14.8 Å². The van der Waals surface area contributed by atoms with E-state index in [2.05, 4.69) is 20.4 Å². The van der Waals surface area contributed by atoms with E-state index >= 15 is 0 Å². The minimum absolute atomic E-state index is 0.151. The van der Waals surface area contributed by atoms with Crippen LogP contribution in [0.3, 0.4) is 0 Å². The Kier molecular flexibility index (Phi) is 6.55. The average molecular weight is 407 g/mol. The molecule has 3 rings (SSSR count). The number of nitriles is 1. The maximum absolute atomic E-state index is 12.3. The van der Waals surface area contributed by atoms with Crippen LogP contribution in [-0.2, 0) is 16.1 Å². The van der Waals surface area contributed by atoms with Gasteiger partial charge in [0.2, 0.25) is 11.9 Å². The molecule has 0 unspecified atom stereocenters. The fraction of sp³-hybridized carbons (Fsp3) is 0.412. The highest BCUT2D eigenvalue weighted by Crippen LogP contribution is 2.24. The van der Waals surface area contributed by atoms with Crippen LogP contribution >= 0.6 is 23.4 Å². The maximum Gasteiger partial charge on any atom is 0.234 e. The SMILES string of the molecule is CCn1c(SCC(=O)Nc2cc(Cl)ccc2C#N)nnc1N1CCOCC1. The van der Waals surface area contributed by atoms with E-state index in [1.165, 1.54) is 11.8 Å². The lowest BCUT2D eigenvalue weighted by molar-refractivity contribution is -0.113. The molecule has 8 nitrogen and oxygen atoms in total. The predicted octanol–water partition coefficient (Wildman–Crippen LogP) is 2.39. The largest absolute Gasteiger partial charge is 0.378 e. The van der Waals surface area contributed by atoms with E-state index in [-0.39, 0.29) is 11.7 Å². The molecule has 1 aromatic heterocycles. The number of carbonyl (C=O) groups excluding carboxylic acids is 1. The second-order valence-electron chi connectivity index (χ2n) is 5.76. The molecule has 10 heteroatoms. The van der Waals surface area contributed by atoms with Gasteiger partial charge in [0.25, 0.3) is 0 Å². The van der Waals surface area contributed by atoms with Crippen molar-refractivity contribution >= 4 is 40.9 Å². The molecule has 0 bridgehead atoms. The number of halogens is 1. The number of ether oxygens (including phenoxy) is 1. The third-order valence-corrected chi connectivity index (χ3v) is 5.22. The molecule has 0 atom stereocenters. The lowest BCUT2D eigenvalue weighted by Crippen LogP contribution is -2.38. The predicted molar refractivity (Wildman–Crippen MR) is 104 cm³/mol. The van der Waals surface area contributed by atoms with Gasteiger partial charge in [-0.05, 0) is 25.1 Å². The standard InChI is InChI=1S/C17H19ClN6O2S/c1-2-24-16(23-5-7-26-8-6-23)21-22-17(24)27-11-15(25)20-14-9-13(18)4-3-12(14)10-19/h3-4,9H,2,5-8,11H2,1H3,(H,20,25). The van der Waals surface area contributed by atoms with Crippen LogP contribution in [0, 0.1) is 11.3 Å². The average Bonchev–Trinajstić information content (AvgIpc) is 3.10. The molecule has 2 heterocycles. The molecule has 2 aromatic rings. The number of rotatable bonds is 6. The van der Waals surface area contributed by atoms with Gasteiger partial charge < -0.3 is 15.0 Å². The van der Waals surface area contributed by atoms with E-state index in [9.17, 15) is 4.79 Å². The molecule has 142 valence electrons. The first kappa shape index (κ1) is 19.5. The first-order chi connectivity index (χ1) is 13.1. The number of hydrogen-bond donors (Lipinski definition) is 1. The summed E-state index contributed by atoms with van der Waals surface area (Å²) in [6.07, 6.45) is 0. The zero-order chi connectivity index (χ0) is 19.2. The van der Waals surface area contributed by atoms with Crippen molar-refractivity contribution in [2.24, 2.45) is 0 Å². The summed E-state index contributed by atoms with van der Waals surface area (Å²) >= 11 is 7.25. The Labute approximate surface area is 166 Å². The number of nitrogens with one attached hydrogen (secondary N) is 1. The molecule has 1 saturated heterocycles. The number of benzene rings is 1. The molecular weight excluding hydrogens is 388 g/mol. The van der Waals surface area contributed by atoms with Gasteiger partial charge in [0.15, 0.2) is 5.16 Å². The van der Waals surface area contributed by atoms with Crippen molar-refractivity contribution in [3.63, 3.8) is 0 Å². The highest BCUT2D eigenvalue weighted by molar-refractivity contribution is 7.99. The minimum atomic E-state index is -0.239. The second kappa shape index (κ2) is 9.08. The molecule has 0 radical (unpaired) electrons. The summed E-state index contributed by atoms with van der Waals surface area (Å²) in [5.74, 6) is 0.709. The molecule has 1 fully saturated rings. The first-order valence-corrected chi connectivity index (χ1v) is 9.87. The Morgan fingerprint density at radius 3 is 2.89 bits per heavy atom. The zero-order valence-electron chi connectivity index (χ0n) is 14.8. The molecule has 0 spiro atoms. The number of morpholine rings is 1. The van der Waals surface area contributed by atoms with Gasteiger partial charge in [-0.3, -0.25) is 9.36 Å². The van der Waals surface area contributed by atoms with Gasteiger partial charge in [-0.1, -0.05) is 23.4 Å². The molecule has 27 heavy (non-hydrogen) atoms. The van der Waals surface area contributed by atoms with Gasteiger partial charge >= 0.3 is 0 Å². The Balaban J connectivity index is 1.65. The highest BCUT2D eigenvalue weighted by Gasteiger charge is 2.20. The van der Waals surface area contributed by atoms with Crippen LogP contribution in [0.15, 0.2) is 23.4 Å². The van der Waals surface area contributed by atoms with Crippen molar-refractivity contribution in [1.29, 1.82) is 5.26 Å². The third-order valence-electron chi connectivity index (χ3n) is 4.02. The summed E-state index contributed by atoms with van der Waals surface area (Å²) in [7, 11) is 0. The smallest absolute Gasteiger partial charge is 0.234 e. The molecule has 0 aliphatic carbocycles. The number of amides is 1. The van der Waals surface area contributed by atoms with Crippen LogP contribution in [0.2, 0.25) is 5.02 Å². The summed E-state index contributed by atoms with van der Waals surface area (Å²) in [6.45, 7) is 5.60. The number of aromatic nitrogens is 3. The monoisotopic (exact) mass is 406 g/mol. The van der Waals surface area contributed by atoms with Crippen LogP contribution in [0.5, 0.6) is 0 Å². The molecule has 1 aromatic carbocycles.